The second-order valence-electron chi connectivity index (χ2n) is 11.5. The lowest BCUT2D eigenvalue weighted by Crippen LogP contribution is -2.57. The zero-order valence-electron chi connectivity index (χ0n) is 25.5. The Hall–Kier alpha value is -2.96. The van der Waals surface area contributed by atoms with Crippen LogP contribution in [0, 0.1) is 5.92 Å². The molecular weight excluding hydrogens is 696 g/mol. The topological polar surface area (TPSA) is 126 Å². The highest BCUT2D eigenvalue weighted by molar-refractivity contribution is 9.11. The van der Waals surface area contributed by atoms with Crippen LogP contribution < -0.4 is 25.4 Å². The third-order valence-electron chi connectivity index (χ3n) is 7.89. The molecule has 0 spiro atoms. The molecule has 1 aliphatic carbocycles. The Morgan fingerprint density at radius 2 is 1.75 bits per heavy atom. The molecule has 1 heterocycles. The Morgan fingerprint density at radius 1 is 1.07 bits per heavy atom. The number of benzene rings is 2. The molecule has 10 nitrogen and oxygen atoms in total. The van der Waals surface area contributed by atoms with E-state index in [-0.39, 0.29) is 30.3 Å². The molecule has 2 aromatic carbocycles. The van der Waals surface area contributed by atoms with Gasteiger partial charge in [-0.1, -0.05) is 18.2 Å². The Labute approximate surface area is 275 Å². The highest BCUT2D eigenvalue weighted by Gasteiger charge is 2.39. The number of aryl methyl sites for hydroxylation is 1. The quantitative estimate of drug-likeness (QED) is 0.321. The molecule has 1 saturated carbocycles. The van der Waals surface area contributed by atoms with Crippen molar-refractivity contribution in [2.75, 3.05) is 20.1 Å². The van der Waals surface area contributed by atoms with Gasteiger partial charge >= 0.3 is 5.97 Å². The minimum Gasteiger partial charge on any atom is -0.489 e. The van der Waals surface area contributed by atoms with Crippen molar-refractivity contribution in [2.24, 2.45) is 5.92 Å². The van der Waals surface area contributed by atoms with Crippen LogP contribution in [0.25, 0.3) is 0 Å². The van der Waals surface area contributed by atoms with Crippen LogP contribution in [0.5, 0.6) is 11.5 Å². The lowest BCUT2D eigenvalue weighted by atomic mass is 10.0. The second-order valence-corrected chi connectivity index (χ2v) is 13.2. The number of amides is 3. The van der Waals surface area contributed by atoms with E-state index in [1.54, 1.807) is 26.1 Å². The van der Waals surface area contributed by atoms with Crippen LogP contribution in [0.3, 0.4) is 0 Å². The average Bonchev–Trinajstić information content (AvgIpc) is 3.81. The Kier molecular flexibility index (Phi) is 11.8. The van der Waals surface area contributed by atoms with E-state index in [1.165, 1.54) is 11.8 Å². The number of fused-ring (bicyclic) bond motifs is 1. The number of likely N-dealkylation sites (N-methyl/N-ethyl adjacent to an activating group) is 1. The predicted octanol–water partition coefficient (Wildman–Crippen LogP) is 3.91. The molecule has 0 saturated heterocycles. The Bertz CT molecular complexity index is 1360. The van der Waals surface area contributed by atoms with E-state index in [0.29, 0.717) is 40.6 Å². The van der Waals surface area contributed by atoms with Gasteiger partial charge < -0.3 is 30.3 Å². The number of hydrogen-bond acceptors (Lipinski definition) is 7. The van der Waals surface area contributed by atoms with Crippen molar-refractivity contribution in [3.63, 3.8) is 0 Å². The van der Waals surface area contributed by atoms with Crippen molar-refractivity contribution < 1.29 is 28.7 Å². The van der Waals surface area contributed by atoms with Crippen LogP contribution in [0.15, 0.2) is 45.3 Å². The standard InChI is InChI=1S/C32H40Br2N4O6/c1-18-17-36-28(23-11-12-23)32(42)38(4)19(2)30(40)37-26(16-21-14-24(33)29(25(34)15-21)44-20(3)39)31(41)35-13-7-9-22-8-5-6-10-27(22)43-18/h5-6,8,10,14-15,18-19,23,26,28,36H,7,9,11-13,16-17H2,1-4H3,(H,35,41)(H,37,40)/t18-,19-,26-,28+/m1/s1. The third-order valence-corrected chi connectivity index (χ3v) is 9.07. The van der Waals surface area contributed by atoms with Crippen molar-refractivity contribution in [1.82, 2.24) is 20.9 Å². The maximum absolute atomic E-state index is 13.6. The highest BCUT2D eigenvalue weighted by Crippen LogP contribution is 2.36. The van der Waals surface area contributed by atoms with Gasteiger partial charge in [-0.25, -0.2) is 0 Å². The molecule has 12 heteroatoms. The minimum absolute atomic E-state index is 0.167. The zero-order valence-corrected chi connectivity index (χ0v) is 28.6. The van der Waals surface area contributed by atoms with Gasteiger partial charge in [0.1, 0.15) is 23.9 Å². The molecule has 0 unspecified atom stereocenters. The summed E-state index contributed by atoms with van der Waals surface area (Å²) in [4.78, 5) is 53.6. The fourth-order valence-corrected chi connectivity index (χ4v) is 6.61. The number of nitrogens with zero attached hydrogens (tertiary/aromatic N) is 1. The van der Waals surface area contributed by atoms with E-state index in [1.807, 2.05) is 31.2 Å². The van der Waals surface area contributed by atoms with Crippen LogP contribution in [0.2, 0.25) is 0 Å². The second kappa shape index (κ2) is 15.4. The number of carbonyl (C=O) groups is 4. The molecule has 1 fully saturated rings. The Morgan fingerprint density at radius 3 is 2.41 bits per heavy atom. The van der Waals surface area contributed by atoms with Crippen molar-refractivity contribution >= 4 is 55.6 Å². The lowest BCUT2D eigenvalue weighted by molar-refractivity contribution is -0.141. The van der Waals surface area contributed by atoms with Crippen molar-refractivity contribution in [1.29, 1.82) is 0 Å². The first-order valence-electron chi connectivity index (χ1n) is 14.9. The number of nitrogens with one attached hydrogen (secondary N) is 3. The van der Waals surface area contributed by atoms with E-state index in [4.69, 9.17) is 9.47 Å². The zero-order chi connectivity index (χ0) is 32.0. The van der Waals surface area contributed by atoms with Gasteiger partial charge in [0.15, 0.2) is 5.75 Å². The van der Waals surface area contributed by atoms with Gasteiger partial charge in [-0.05, 0) is 107 Å². The lowest BCUT2D eigenvalue weighted by Gasteiger charge is -2.31. The van der Waals surface area contributed by atoms with E-state index in [2.05, 4.69) is 47.8 Å². The number of halogens is 2. The van der Waals surface area contributed by atoms with Gasteiger partial charge in [0.2, 0.25) is 17.7 Å². The van der Waals surface area contributed by atoms with Gasteiger partial charge in [0.05, 0.1) is 15.0 Å². The summed E-state index contributed by atoms with van der Waals surface area (Å²) in [6, 6.07) is 9.18. The van der Waals surface area contributed by atoms with E-state index >= 15 is 0 Å². The molecule has 4 rings (SSSR count). The fraction of sp³-hybridized carbons (Fsp3) is 0.500. The molecule has 3 N–H and O–H groups in total. The first-order valence-corrected chi connectivity index (χ1v) is 16.5. The summed E-state index contributed by atoms with van der Waals surface area (Å²) in [6.45, 7) is 5.82. The summed E-state index contributed by atoms with van der Waals surface area (Å²) in [5, 5.41) is 9.26. The van der Waals surface area contributed by atoms with Crippen molar-refractivity contribution in [2.45, 2.75) is 77.1 Å². The monoisotopic (exact) mass is 734 g/mol. The maximum atomic E-state index is 13.6. The molecular formula is C32H40Br2N4O6. The summed E-state index contributed by atoms with van der Waals surface area (Å²) >= 11 is 6.88. The molecule has 2 aliphatic rings. The molecule has 3 amide bonds. The van der Waals surface area contributed by atoms with Crippen LogP contribution >= 0.6 is 31.9 Å². The predicted molar refractivity (Wildman–Crippen MR) is 173 cm³/mol. The normalized spacial score (nSPS) is 24.2. The molecule has 0 radical (unpaired) electrons. The largest absolute Gasteiger partial charge is 0.489 e. The van der Waals surface area contributed by atoms with E-state index < -0.39 is 30.0 Å². The van der Waals surface area contributed by atoms with Crippen LogP contribution in [0.4, 0.5) is 0 Å². The molecule has 2 aromatic rings. The molecule has 1 aliphatic heterocycles. The number of para-hydroxylation sites is 1. The number of hydrogen-bond donors (Lipinski definition) is 3. The highest BCUT2D eigenvalue weighted by atomic mass is 79.9. The van der Waals surface area contributed by atoms with Crippen LogP contribution in [-0.4, -0.2) is 73.0 Å². The van der Waals surface area contributed by atoms with Gasteiger partial charge in [-0.3, -0.25) is 19.2 Å². The first-order chi connectivity index (χ1) is 20.9. The van der Waals surface area contributed by atoms with Gasteiger partial charge in [0, 0.05) is 33.5 Å². The number of esters is 1. The fourth-order valence-electron chi connectivity index (χ4n) is 5.17. The summed E-state index contributed by atoms with van der Waals surface area (Å²) in [6.07, 6.45) is 3.24. The maximum Gasteiger partial charge on any atom is 0.308 e. The molecule has 0 aromatic heterocycles. The molecule has 238 valence electrons. The third kappa shape index (κ3) is 9.04. The summed E-state index contributed by atoms with van der Waals surface area (Å²) in [5.74, 6) is -0.0948. The van der Waals surface area contributed by atoms with E-state index in [0.717, 1.165) is 29.7 Å². The first kappa shape index (κ1) is 33.9. The van der Waals surface area contributed by atoms with Crippen LogP contribution in [-0.2, 0) is 32.0 Å². The molecule has 44 heavy (non-hydrogen) atoms. The number of carbonyl (C=O) groups excluding carboxylic acids is 4. The Balaban J connectivity index is 1.59. The SMILES string of the molecule is CC(=O)Oc1c(Br)cc(C[C@H]2NC(=O)[C@@H](C)N(C)C(=O)[C@H](C3CC3)NC[C@@H](C)Oc3ccccc3CCCNC2=O)cc1Br. The van der Waals surface area contributed by atoms with Gasteiger partial charge in [-0.15, -0.1) is 0 Å². The van der Waals surface area contributed by atoms with Gasteiger partial charge in [0.25, 0.3) is 0 Å². The number of rotatable bonds is 4. The van der Waals surface area contributed by atoms with Gasteiger partial charge in [-0.2, -0.15) is 0 Å². The summed E-state index contributed by atoms with van der Waals surface area (Å²) in [5.41, 5.74) is 1.75. The summed E-state index contributed by atoms with van der Waals surface area (Å²) in [7, 11) is 1.62. The minimum atomic E-state index is -0.917. The molecule has 4 atom stereocenters. The van der Waals surface area contributed by atoms with E-state index in [9.17, 15) is 19.2 Å². The smallest absolute Gasteiger partial charge is 0.308 e. The van der Waals surface area contributed by atoms with Crippen molar-refractivity contribution in [3.8, 4) is 11.5 Å². The average molecular weight is 737 g/mol. The van der Waals surface area contributed by atoms with Crippen molar-refractivity contribution in [3.05, 3.63) is 56.5 Å². The number of ether oxygens (including phenoxy) is 2. The van der Waals surface area contributed by atoms with Crippen LogP contribution in [0.1, 0.15) is 51.2 Å². The molecule has 0 bridgehead atoms. The summed E-state index contributed by atoms with van der Waals surface area (Å²) < 4.78 is 12.6.